The van der Waals surface area contributed by atoms with Crippen molar-refractivity contribution in [3.8, 4) is 5.75 Å². The first kappa shape index (κ1) is 21.3. The Hall–Kier alpha value is -2.43. The Bertz CT molecular complexity index is 1110. The first-order chi connectivity index (χ1) is 13.6. The van der Waals surface area contributed by atoms with E-state index in [1.807, 2.05) is 0 Å². The minimum atomic E-state index is -3.89. The normalized spacial score (nSPS) is 17.8. The molecular weight excluding hydrogens is 416 g/mol. The number of hydrogen-bond donors (Lipinski definition) is 1. The van der Waals surface area contributed by atoms with Gasteiger partial charge in [-0.15, -0.1) is 0 Å². The van der Waals surface area contributed by atoms with Crippen LogP contribution in [0.5, 0.6) is 5.75 Å². The molecule has 1 heterocycles. The fraction of sp³-hybridized carbons (Fsp3) is 0.316. The van der Waals surface area contributed by atoms with E-state index in [1.54, 1.807) is 24.3 Å². The van der Waals surface area contributed by atoms with Crippen LogP contribution in [0.15, 0.2) is 58.3 Å². The maximum atomic E-state index is 13.0. The third-order valence-electron chi connectivity index (χ3n) is 4.72. The number of sulfone groups is 1. The second-order valence-electron chi connectivity index (χ2n) is 6.71. The molecule has 0 spiro atoms. The third-order valence-corrected chi connectivity index (χ3v) is 7.79. The van der Waals surface area contributed by atoms with Crippen LogP contribution in [-0.2, 0) is 24.7 Å². The largest absolute Gasteiger partial charge is 0.497 e. The molecule has 1 N–H and O–H groups in total. The zero-order chi connectivity index (χ0) is 21.2. The molecule has 10 heteroatoms. The summed E-state index contributed by atoms with van der Waals surface area (Å²) in [5.74, 6) is -0.0345. The van der Waals surface area contributed by atoms with Crippen LogP contribution in [0.3, 0.4) is 0 Å². The average molecular weight is 439 g/mol. The molecule has 8 nitrogen and oxygen atoms in total. The van der Waals surface area contributed by atoms with Crippen LogP contribution in [0, 0.1) is 0 Å². The summed E-state index contributed by atoms with van der Waals surface area (Å²) in [6, 6.07) is 11.1. The molecule has 0 radical (unpaired) electrons. The SMILES string of the molecule is COc1ccc(S(=O)(=O)N2CCCC2C(=O)Nc2ccccc2S(C)(=O)=O)cc1. The molecule has 0 aliphatic carbocycles. The summed E-state index contributed by atoms with van der Waals surface area (Å²) in [5.41, 5.74) is 0.133. The maximum Gasteiger partial charge on any atom is 0.243 e. The van der Waals surface area contributed by atoms with Gasteiger partial charge < -0.3 is 10.1 Å². The van der Waals surface area contributed by atoms with Gasteiger partial charge in [0.15, 0.2) is 9.84 Å². The highest BCUT2D eigenvalue weighted by molar-refractivity contribution is 7.91. The van der Waals surface area contributed by atoms with Crippen LogP contribution in [0.1, 0.15) is 12.8 Å². The van der Waals surface area contributed by atoms with Gasteiger partial charge in [-0.05, 0) is 49.2 Å². The van der Waals surface area contributed by atoms with E-state index in [2.05, 4.69) is 5.32 Å². The van der Waals surface area contributed by atoms with Gasteiger partial charge >= 0.3 is 0 Å². The Morgan fingerprint density at radius 3 is 2.34 bits per heavy atom. The highest BCUT2D eigenvalue weighted by atomic mass is 32.2. The van der Waals surface area contributed by atoms with Crippen LogP contribution in [-0.4, -0.2) is 53.0 Å². The zero-order valence-electron chi connectivity index (χ0n) is 16.0. The van der Waals surface area contributed by atoms with E-state index in [1.165, 1.54) is 31.4 Å². The molecule has 2 aromatic carbocycles. The first-order valence-electron chi connectivity index (χ1n) is 8.90. The van der Waals surface area contributed by atoms with Gasteiger partial charge in [0.1, 0.15) is 11.8 Å². The monoisotopic (exact) mass is 438 g/mol. The molecule has 1 saturated heterocycles. The molecule has 0 bridgehead atoms. The van der Waals surface area contributed by atoms with Crippen molar-refractivity contribution in [3.05, 3.63) is 48.5 Å². The molecule has 3 rings (SSSR count). The van der Waals surface area contributed by atoms with Crippen molar-refractivity contribution in [1.82, 2.24) is 4.31 Å². The molecule has 1 fully saturated rings. The third kappa shape index (κ3) is 4.44. The van der Waals surface area contributed by atoms with Crippen molar-refractivity contribution in [3.63, 3.8) is 0 Å². The molecule has 29 heavy (non-hydrogen) atoms. The minimum Gasteiger partial charge on any atom is -0.497 e. The topological polar surface area (TPSA) is 110 Å². The number of ether oxygens (including phenoxy) is 1. The van der Waals surface area contributed by atoms with Crippen molar-refractivity contribution in [2.24, 2.45) is 0 Å². The van der Waals surface area contributed by atoms with Crippen molar-refractivity contribution < 1.29 is 26.4 Å². The predicted octanol–water partition coefficient (Wildman–Crippen LogP) is 1.89. The highest BCUT2D eigenvalue weighted by Crippen LogP contribution is 2.29. The second-order valence-corrected chi connectivity index (χ2v) is 10.6. The Morgan fingerprint density at radius 2 is 1.72 bits per heavy atom. The van der Waals surface area contributed by atoms with Crippen molar-refractivity contribution in [2.75, 3.05) is 25.2 Å². The highest BCUT2D eigenvalue weighted by Gasteiger charge is 2.39. The van der Waals surface area contributed by atoms with Gasteiger partial charge in [-0.25, -0.2) is 16.8 Å². The summed E-state index contributed by atoms with van der Waals surface area (Å²) < 4.78 is 56.2. The Labute approximate surface area is 170 Å². The lowest BCUT2D eigenvalue weighted by Crippen LogP contribution is -2.43. The predicted molar refractivity (Wildman–Crippen MR) is 108 cm³/mol. The van der Waals surface area contributed by atoms with Gasteiger partial charge in [0.05, 0.1) is 22.6 Å². The van der Waals surface area contributed by atoms with Crippen LogP contribution < -0.4 is 10.1 Å². The van der Waals surface area contributed by atoms with E-state index in [0.717, 1.165) is 10.6 Å². The Kier molecular flexibility index (Phi) is 5.97. The number of para-hydroxylation sites is 1. The van der Waals surface area contributed by atoms with Crippen LogP contribution in [0.4, 0.5) is 5.69 Å². The summed E-state index contributed by atoms with van der Waals surface area (Å²) in [6.45, 7) is 0.209. The Morgan fingerprint density at radius 1 is 1.07 bits per heavy atom. The summed E-state index contributed by atoms with van der Waals surface area (Å²) in [7, 11) is -5.96. The van der Waals surface area contributed by atoms with Crippen molar-refractivity contribution in [1.29, 1.82) is 0 Å². The fourth-order valence-electron chi connectivity index (χ4n) is 3.28. The molecule has 156 valence electrons. The summed E-state index contributed by atoms with van der Waals surface area (Å²) in [5, 5.41) is 2.59. The van der Waals surface area contributed by atoms with Crippen molar-refractivity contribution in [2.45, 2.75) is 28.7 Å². The van der Waals surface area contributed by atoms with E-state index in [4.69, 9.17) is 4.74 Å². The number of hydrogen-bond acceptors (Lipinski definition) is 6. The summed E-state index contributed by atoms with van der Waals surface area (Å²) in [4.78, 5) is 12.9. The number of carbonyl (C=O) groups excluding carboxylic acids is 1. The smallest absolute Gasteiger partial charge is 0.243 e. The number of nitrogens with zero attached hydrogens (tertiary/aromatic N) is 1. The number of nitrogens with one attached hydrogen (secondary N) is 1. The molecule has 1 unspecified atom stereocenters. The lowest BCUT2D eigenvalue weighted by molar-refractivity contribution is -0.119. The number of amides is 1. The van der Waals surface area contributed by atoms with Crippen LogP contribution >= 0.6 is 0 Å². The number of benzene rings is 2. The van der Waals surface area contributed by atoms with Gasteiger partial charge in [-0.1, -0.05) is 12.1 Å². The van der Waals surface area contributed by atoms with Gasteiger partial charge in [-0.2, -0.15) is 4.31 Å². The second kappa shape index (κ2) is 8.13. The van der Waals surface area contributed by atoms with Gasteiger partial charge in [-0.3, -0.25) is 4.79 Å². The fourth-order valence-corrected chi connectivity index (χ4v) is 5.78. The van der Waals surface area contributed by atoms with E-state index >= 15 is 0 Å². The van der Waals surface area contributed by atoms with Gasteiger partial charge in [0, 0.05) is 12.8 Å². The summed E-state index contributed by atoms with van der Waals surface area (Å²) >= 11 is 0. The number of sulfonamides is 1. The minimum absolute atomic E-state index is 0.0177. The quantitative estimate of drug-likeness (QED) is 0.738. The molecule has 1 aliphatic rings. The maximum absolute atomic E-state index is 13.0. The van der Waals surface area contributed by atoms with Gasteiger partial charge in [0.25, 0.3) is 0 Å². The molecule has 0 saturated carbocycles. The molecule has 2 aromatic rings. The van der Waals surface area contributed by atoms with E-state index < -0.39 is 31.8 Å². The van der Waals surface area contributed by atoms with Crippen molar-refractivity contribution >= 4 is 31.5 Å². The number of rotatable bonds is 6. The van der Waals surface area contributed by atoms with E-state index in [-0.39, 0.29) is 22.0 Å². The molecule has 0 aromatic heterocycles. The van der Waals surface area contributed by atoms with Crippen LogP contribution in [0.2, 0.25) is 0 Å². The molecule has 1 amide bonds. The molecular formula is C19H22N2O6S2. The molecule has 1 aliphatic heterocycles. The van der Waals surface area contributed by atoms with E-state index in [0.29, 0.717) is 18.6 Å². The van der Waals surface area contributed by atoms with Crippen LogP contribution in [0.25, 0.3) is 0 Å². The standard InChI is InChI=1S/C19H22N2O6S2/c1-27-14-9-11-15(12-10-14)29(25,26)21-13-5-7-17(21)19(22)20-16-6-3-4-8-18(16)28(2,23)24/h3-4,6,8-12,17H,5,7,13H2,1-2H3,(H,20,22). The van der Waals surface area contributed by atoms with Gasteiger partial charge in [0.2, 0.25) is 15.9 Å². The lowest BCUT2D eigenvalue weighted by atomic mass is 10.2. The first-order valence-corrected chi connectivity index (χ1v) is 12.2. The van der Waals surface area contributed by atoms with E-state index in [9.17, 15) is 21.6 Å². The summed E-state index contributed by atoms with van der Waals surface area (Å²) in [6.07, 6.45) is 1.93. The number of anilines is 1. The Balaban J connectivity index is 1.86. The average Bonchev–Trinajstić information content (AvgIpc) is 3.18. The lowest BCUT2D eigenvalue weighted by Gasteiger charge is -2.24. The number of methoxy groups -OCH3 is 1. The number of carbonyl (C=O) groups is 1. The molecule has 1 atom stereocenters. The zero-order valence-corrected chi connectivity index (χ0v) is 17.7.